The molecule has 2 heteroatoms. The number of aryl methyl sites for hydroxylation is 2. The van der Waals surface area contributed by atoms with Gasteiger partial charge in [0.2, 0.25) is 0 Å². The first-order chi connectivity index (χ1) is 9.75. The third-order valence-corrected chi connectivity index (χ3v) is 16.6. The SMILES string of the molecule is C[SiH](CCc1ccccc1)[SiH](C)CCc1ccccc1. The lowest BCUT2D eigenvalue weighted by Crippen LogP contribution is -2.30. The van der Waals surface area contributed by atoms with Gasteiger partial charge in [-0.25, -0.2) is 0 Å². The first-order valence-corrected chi connectivity index (χ1v) is 14.4. The summed E-state index contributed by atoms with van der Waals surface area (Å²) in [6.07, 6.45) is 2.60. The molecule has 2 aromatic carbocycles. The number of hydrogen-bond donors (Lipinski definition) is 0. The molecule has 2 unspecified atom stereocenters. The minimum Gasteiger partial charge on any atom is -0.0741 e. The third kappa shape index (κ3) is 5.10. The van der Waals surface area contributed by atoms with E-state index in [0.717, 1.165) is 0 Å². The maximum absolute atomic E-state index is 2.60. The summed E-state index contributed by atoms with van der Waals surface area (Å²) in [6.45, 7) is 5.20. The van der Waals surface area contributed by atoms with E-state index in [9.17, 15) is 0 Å². The first-order valence-electron chi connectivity index (χ1n) is 7.83. The molecule has 0 aliphatic carbocycles. The van der Waals surface area contributed by atoms with E-state index in [4.69, 9.17) is 0 Å². The Morgan fingerprint density at radius 2 is 0.950 bits per heavy atom. The fourth-order valence-electron chi connectivity index (χ4n) is 2.65. The molecule has 0 aromatic heterocycles. The van der Waals surface area contributed by atoms with Crippen molar-refractivity contribution in [1.29, 1.82) is 0 Å². The monoisotopic (exact) mass is 298 g/mol. The van der Waals surface area contributed by atoms with Gasteiger partial charge in [-0.1, -0.05) is 85.8 Å². The molecule has 0 radical (unpaired) electrons. The van der Waals surface area contributed by atoms with Crippen molar-refractivity contribution < 1.29 is 0 Å². The van der Waals surface area contributed by atoms with E-state index < -0.39 is 16.6 Å². The van der Waals surface area contributed by atoms with E-state index in [1.165, 1.54) is 36.1 Å². The average molecular weight is 299 g/mol. The Kier molecular flexibility index (Phi) is 6.28. The lowest BCUT2D eigenvalue weighted by Gasteiger charge is -2.17. The molecule has 0 saturated heterocycles. The van der Waals surface area contributed by atoms with Gasteiger partial charge in [-0.3, -0.25) is 0 Å². The van der Waals surface area contributed by atoms with E-state index in [1.54, 1.807) is 0 Å². The van der Waals surface area contributed by atoms with Gasteiger partial charge in [0.25, 0.3) is 0 Å². The van der Waals surface area contributed by atoms with Gasteiger partial charge >= 0.3 is 0 Å². The number of hydrogen-bond acceptors (Lipinski definition) is 0. The van der Waals surface area contributed by atoms with Crippen LogP contribution in [0.5, 0.6) is 0 Å². The molecular weight excluding hydrogens is 272 g/mol. The van der Waals surface area contributed by atoms with Gasteiger partial charge in [0.15, 0.2) is 0 Å². The topological polar surface area (TPSA) is 0 Å². The maximum atomic E-state index is 2.60. The molecule has 0 nitrogen and oxygen atoms in total. The third-order valence-electron chi connectivity index (χ3n) is 4.43. The Morgan fingerprint density at radius 3 is 1.30 bits per heavy atom. The molecule has 0 aliphatic rings. The van der Waals surface area contributed by atoms with Crippen LogP contribution in [-0.4, -0.2) is 16.6 Å². The summed E-state index contributed by atoms with van der Waals surface area (Å²) < 4.78 is 0. The molecule has 20 heavy (non-hydrogen) atoms. The zero-order valence-corrected chi connectivity index (χ0v) is 15.1. The molecule has 0 amide bonds. The van der Waals surface area contributed by atoms with Gasteiger partial charge in [0.05, 0.1) is 0 Å². The van der Waals surface area contributed by atoms with Crippen molar-refractivity contribution in [3.05, 3.63) is 71.8 Å². The molecule has 0 bridgehead atoms. The highest BCUT2D eigenvalue weighted by Crippen LogP contribution is 2.12. The van der Waals surface area contributed by atoms with E-state index in [2.05, 4.69) is 73.8 Å². The highest BCUT2D eigenvalue weighted by molar-refractivity contribution is 7.21. The van der Waals surface area contributed by atoms with Crippen molar-refractivity contribution >= 4 is 16.6 Å². The molecule has 106 valence electrons. The second-order valence-electron chi connectivity index (χ2n) is 6.00. The largest absolute Gasteiger partial charge is 0.0741 e. The summed E-state index contributed by atoms with van der Waals surface area (Å²) in [6, 6.07) is 25.0. The predicted octanol–water partition coefficient (Wildman–Crippen LogP) is 4.26. The highest BCUT2D eigenvalue weighted by atomic mass is 29.2. The summed E-state index contributed by atoms with van der Waals surface area (Å²) in [5.74, 6) is 0. The minimum atomic E-state index is -0.468. The van der Waals surface area contributed by atoms with Crippen LogP contribution < -0.4 is 0 Å². The van der Waals surface area contributed by atoms with E-state index in [1.807, 2.05) is 0 Å². The lowest BCUT2D eigenvalue weighted by molar-refractivity contribution is 1.10. The van der Waals surface area contributed by atoms with Crippen molar-refractivity contribution in [2.75, 3.05) is 0 Å². The standard InChI is InChI=1S/C18H26Si2/c1-19(15-13-17-9-5-3-6-10-17)20(2)16-14-18-11-7-4-8-12-18/h3-12,19-20H,13-16H2,1-2H3. The Balaban J connectivity index is 1.73. The minimum absolute atomic E-state index is 0.468. The molecular formula is C18H26Si2. The quantitative estimate of drug-likeness (QED) is 0.670. The van der Waals surface area contributed by atoms with Crippen LogP contribution in [0, 0.1) is 0 Å². The summed E-state index contributed by atoms with van der Waals surface area (Å²) in [5.41, 5.74) is 3.05. The first kappa shape index (κ1) is 15.3. The van der Waals surface area contributed by atoms with Crippen LogP contribution >= 0.6 is 0 Å². The Hall–Kier alpha value is -1.13. The second-order valence-corrected chi connectivity index (χ2v) is 17.9. The molecule has 0 aliphatic heterocycles. The molecule has 0 N–H and O–H groups in total. The molecule has 0 heterocycles. The summed E-state index contributed by atoms with van der Waals surface area (Å²) >= 11 is 0. The van der Waals surface area contributed by atoms with Crippen molar-refractivity contribution in [3.63, 3.8) is 0 Å². The fraction of sp³-hybridized carbons (Fsp3) is 0.333. The van der Waals surface area contributed by atoms with Crippen LogP contribution in [-0.2, 0) is 12.8 Å². The summed E-state index contributed by atoms with van der Waals surface area (Å²) in [4.78, 5) is 0. The molecule has 0 spiro atoms. The Morgan fingerprint density at radius 1 is 0.600 bits per heavy atom. The van der Waals surface area contributed by atoms with Crippen LogP contribution in [0.2, 0.25) is 25.2 Å². The van der Waals surface area contributed by atoms with Crippen LogP contribution in [0.4, 0.5) is 0 Å². The van der Waals surface area contributed by atoms with Gasteiger partial charge in [-0.15, -0.1) is 0 Å². The van der Waals surface area contributed by atoms with E-state index >= 15 is 0 Å². The van der Waals surface area contributed by atoms with Crippen molar-refractivity contribution in [2.24, 2.45) is 0 Å². The number of rotatable bonds is 7. The summed E-state index contributed by atoms with van der Waals surface area (Å²) in [7, 11) is -0.937. The molecule has 2 aromatic rings. The van der Waals surface area contributed by atoms with Crippen molar-refractivity contribution in [1.82, 2.24) is 0 Å². The zero-order valence-electron chi connectivity index (χ0n) is 12.8. The lowest BCUT2D eigenvalue weighted by atomic mass is 10.2. The Bertz CT molecular complexity index is 434. The number of benzene rings is 2. The van der Waals surface area contributed by atoms with Gasteiger partial charge in [-0.2, -0.15) is 0 Å². The molecule has 2 atom stereocenters. The smallest absolute Gasteiger partial charge is 0.0250 e. The predicted molar refractivity (Wildman–Crippen MR) is 95.9 cm³/mol. The fourth-order valence-corrected chi connectivity index (χ4v) is 9.78. The van der Waals surface area contributed by atoms with Gasteiger partial charge in [0.1, 0.15) is 0 Å². The zero-order chi connectivity index (χ0) is 14.2. The van der Waals surface area contributed by atoms with E-state index in [-0.39, 0.29) is 0 Å². The van der Waals surface area contributed by atoms with Crippen LogP contribution in [0.15, 0.2) is 60.7 Å². The van der Waals surface area contributed by atoms with Crippen LogP contribution in [0.1, 0.15) is 11.1 Å². The molecule has 0 fully saturated rings. The summed E-state index contributed by atoms with van der Waals surface area (Å²) in [5, 5.41) is 0. The van der Waals surface area contributed by atoms with Gasteiger partial charge < -0.3 is 0 Å². The van der Waals surface area contributed by atoms with Gasteiger partial charge in [0, 0.05) is 16.6 Å². The van der Waals surface area contributed by atoms with Crippen molar-refractivity contribution in [3.8, 4) is 0 Å². The van der Waals surface area contributed by atoms with E-state index in [0.29, 0.717) is 0 Å². The highest BCUT2D eigenvalue weighted by Gasteiger charge is 2.15. The second kappa shape index (κ2) is 8.23. The normalized spacial score (nSPS) is 13.9. The van der Waals surface area contributed by atoms with Gasteiger partial charge in [-0.05, 0) is 24.0 Å². The molecule has 0 saturated carbocycles. The maximum Gasteiger partial charge on any atom is 0.0250 e. The van der Waals surface area contributed by atoms with Crippen LogP contribution in [0.3, 0.4) is 0 Å². The Labute approximate surface area is 126 Å². The molecule has 2 rings (SSSR count). The average Bonchev–Trinajstić information content (AvgIpc) is 2.52. The van der Waals surface area contributed by atoms with Crippen LogP contribution in [0.25, 0.3) is 0 Å². The van der Waals surface area contributed by atoms with Crippen molar-refractivity contribution in [2.45, 2.75) is 38.0 Å².